The van der Waals surface area contributed by atoms with Crippen molar-refractivity contribution in [3.8, 4) is 0 Å². The lowest BCUT2D eigenvalue weighted by Crippen LogP contribution is -2.53. The molecule has 2 unspecified atom stereocenters. The molecular formula is C6H8N2O2. The molecule has 0 radical (unpaired) electrons. The summed E-state index contributed by atoms with van der Waals surface area (Å²) in [5.41, 5.74) is 0. The number of carbonyl (C=O) groups excluding carboxylic acids is 1. The van der Waals surface area contributed by atoms with E-state index in [2.05, 4.69) is 10.6 Å². The van der Waals surface area contributed by atoms with Gasteiger partial charge in [-0.15, -0.1) is 0 Å². The SMILES string of the molecule is O=C1NCC2C=COC2N1. The highest BCUT2D eigenvalue weighted by Gasteiger charge is 2.30. The quantitative estimate of drug-likeness (QED) is 0.489. The third-order valence-corrected chi connectivity index (χ3v) is 1.71. The first-order valence-electron chi connectivity index (χ1n) is 3.23. The van der Waals surface area contributed by atoms with E-state index in [1.165, 1.54) is 0 Å². The van der Waals surface area contributed by atoms with Crippen molar-refractivity contribution in [1.29, 1.82) is 0 Å². The number of hydrogen-bond acceptors (Lipinski definition) is 2. The molecule has 2 N–H and O–H groups in total. The number of urea groups is 1. The van der Waals surface area contributed by atoms with Gasteiger partial charge in [0.1, 0.15) is 0 Å². The van der Waals surface area contributed by atoms with Crippen molar-refractivity contribution in [2.75, 3.05) is 6.54 Å². The summed E-state index contributed by atoms with van der Waals surface area (Å²) in [7, 11) is 0. The average molecular weight is 140 g/mol. The normalized spacial score (nSPS) is 35.8. The molecule has 2 aliphatic rings. The molecule has 2 atom stereocenters. The number of rotatable bonds is 0. The Bertz CT molecular complexity index is 190. The molecule has 10 heavy (non-hydrogen) atoms. The van der Waals surface area contributed by atoms with Gasteiger partial charge in [-0.3, -0.25) is 0 Å². The first-order chi connectivity index (χ1) is 4.86. The van der Waals surface area contributed by atoms with E-state index < -0.39 is 0 Å². The van der Waals surface area contributed by atoms with Crippen LogP contribution < -0.4 is 10.6 Å². The van der Waals surface area contributed by atoms with Crippen LogP contribution in [-0.4, -0.2) is 18.8 Å². The third kappa shape index (κ3) is 0.725. The molecule has 1 fully saturated rings. The lowest BCUT2D eigenvalue weighted by molar-refractivity contribution is 0.0945. The smallest absolute Gasteiger partial charge is 0.317 e. The van der Waals surface area contributed by atoms with Gasteiger partial charge in [0.15, 0.2) is 6.23 Å². The Kier molecular flexibility index (Phi) is 1.06. The zero-order valence-corrected chi connectivity index (χ0v) is 5.33. The molecule has 0 bridgehead atoms. The molecule has 4 heteroatoms. The monoisotopic (exact) mass is 140 g/mol. The molecule has 0 saturated carbocycles. The highest BCUT2D eigenvalue weighted by atomic mass is 16.5. The van der Waals surface area contributed by atoms with Crippen LogP contribution >= 0.6 is 0 Å². The molecular weight excluding hydrogens is 132 g/mol. The van der Waals surface area contributed by atoms with Crippen molar-refractivity contribution in [2.45, 2.75) is 6.23 Å². The fourth-order valence-electron chi connectivity index (χ4n) is 1.14. The fourth-order valence-corrected chi connectivity index (χ4v) is 1.14. The van der Waals surface area contributed by atoms with Crippen molar-refractivity contribution in [3.63, 3.8) is 0 Å². The summed E-state index contributed by atoms with van der Waals surface area (Å²) >= 11 is 0. The molecule has 2 rings (SSSR count). The van der Waals surface area contributed by atoms with Gasteiger partial charge in [0.05, 0.1) is 12.2 Å². The standard InChI is InChI=1S/C6H8N2O2/c9-6-7-3-4-1-2-10-5(4)8-6/h1-2,4-5H,3H2,(H2,7,8,9). The molecule has 0 aromatic heterocycles. The molecule has 0 aromatic rings. The summed E-state index contributed by atoms with van der Waals surface area (Å²) in [5.74, 6) is 0.303. The van der Waals surface area contributed by atoms with Gasteiger partial charge in [-0.25, -0.2) is 4.79 Å². The van der Waals surface area contributed by atoms with Crippen LogP contribution in [0.3, 0.4) is 0 Å². The Balaban J connectivity index is 2.07. The zero-order valence-electron chi connectivity index (χ0n) is 5.33. The maximum absolute atomic E-state index is 10.7. The molecule has 0 aromatic carbocycles. The van der Waals surface area contributed by atoms with Gasteiger partial charge in [0.2, 0.25) is 0 Å². The Morgan fingerprint density at radius 3 is 3.50 bits per heavy atom. The molecule has 2 amide bonds. The van der Waals surface area contributed by atoms with E-state index in [4.69, 9.17) is 4.74 Å². The van der Waals surface area contributed by atoms with E-state index in [0.29, 0.717) is 12.5 Å². The van der Waals surface area contributed by atoms with Gasteiger partial charge in [0, 0.05) is 6.54 Å². The molecule has 0 spiro atoms. The van der Waals surface area contributed by atoms with Crippen LogP contribution in [0.15, 0.2) is 12.3 Å². The number of carbonyl (C=O) groups is 1. The number of hydrogen-bond donors (Lipinski definition) is 2. The summed E-state index contributed by atoms with van der Waals surface area (Å²) in [6, 6.07) is -0.148. The Morgan fingerprint density at radius 2 is 2.60 bits per heavy atom. The maximum atomic E-state index is 10.7. The summed E-state index contributed by atoms with van der Waals surface area (Å²) in [6.45, 7) is 0.674. The minimum absolute atomic E-state index is 0.131. The zero-order chi connectivity index (χ0) is 6.97. The number of nitrogens with one attached hydrogen (secondary N) is 2. The van der Waals surface area contributed by atoms with Crippen LogP contribution in [0.5, 0.6) is 0 Å². The van der Waals surface area contributed by atoms with E-state index in [-0.39, 0.29) is 12.3 Å². The van der Waals surface area contributed by atoms with Crippen molar-refractivity contribution in [1.82, 2.24) is 10.6 Å². The predicted octanol–water partition coefficient (Wildman–Crippen LogP) is -0.215. The fraction of sp³-hybridized carbons (Fsp3) is 0.500. The molecule has 0 aliphatic carbocycles. The van der Waals surface area contributed by atoms with E-state index in [0.717, 1.165) is 0 Å². The van der Waals surface area contributed by atoms with Gasteiger partial charge in [-0.1, -0.05) is 0 Å². The topological polar surface area (TPSA) is 50.4 Å². The Hall–Kier alpha value is -1.19. The summed E-state index contributed by atoms with van der Waals surface area (Å²) in [6.07, 6.45) is 3.44. The van der Waals surface area contributed by atoms with Crippen LogP contribution in [0.4, 0.5) is 4.79 Å². The molecule has 54 valence electrons. The van der Waals surface area contributed by atoms with Crippen molar-refractivity contribution in [2.24, 2.45) is 5.92 Å². The molecule has 1 saturated heterocycles. The van der Waals surface area contributed by atoms with Crippen LogP contribution in [-0.2, 0) is 4.74 Å². The number of ether oxygens (including phenoxy) is 1. The molecule has 2 aliphatic heterocycles. The summed E-state index contributed by atoms with van der Waals surface area (Å²) < 4.78 is 5.07. The van der Waals surface area contributed by atoms with E-state index in [1.807, 2.05) is 6.08 Å². The largest absolute Gasteiger partial charge is 0.478 e. The maximum Gasteiger partial charge on any atom is 0.317 e. The third-order valence-electron chi connectivity index (χ3n) is 1.71. The minimum atomic E-state index is -0.148. The van der Waals surface area contributed by atoms with Crippen LogP contribution in [0.25, 0.3) is 0 Å². The van der Waals surface area contributed by atoms with Crippen molar-refractivity contribution in [3.05, 3.63) is 12.3 Å². The average Bonchev–Trinajstić information content (AvgIpc) is 2.33. The van der Waals surface area contributed by atoms with E-state index >= 15 is 0 Å². The summed E-state index contributed by atoms with van der Waals surface area (Å²) in [5, 5.41) is 5.32. The van der Waals surface area contributed by atoms with E-state index in [1.54, 1.807) is 6.26 Å². The predicted molar refractivity (Wildman–Crippen MR) is 34.0 cm³/mol. The highest BCUT2D eigenvalue weighted by Crippen LogP contribution is 2.16. The first-order valence-corrected chi connectivity index (χ1v) is 3.23. The molecule has 2 heterocycles. The van der Waals surface area contributed by atoms with Gasteiger partial charge in [0.25, 0.3) is 0 Å². The first kappa shape index (κ1) is 5.58. The second kappa shape index (κ2) is 1.90. The Labute approximate surface area is 58.2 Å². The number of fused-ring (bicyclic) bond motifs is 1. The van der Waals surface area contributed by atoms with Gasteiger partial charge in [-0.2, -0.15) is 0 Å². The van der Waals surface area contributed by atoms with Crippen molar-refractivity contribution < 1.29 is 9.53 Å². The van der Waals surface area contributed by atoms with Crippen LogP contribution in [0.1, 0.15) is 0 Å². The van der Waals surface area contributed by atoms with Crippen LogP contribution in [0, 0.1) is 5.92 Å². The molecule has 4 nitrogen and oxygen atoms in total. The van der Waals surface area contributed by atoms with Gasteiger partial charge >= 0.3 is 6.03 Å². The lowest BCUT2D eigenvalue weighted by Gasteiger charge is -2.25. The van der Waals surface area contributed by atoms with Gasteiger partial charge in [-0.05, 0) is 6.08 Å². The lowest BCUT2D eigenvalue weighted by atomic mass is 10.1. The Morgan fingerprint density at radius 1 is 1.70 bits per heavy atom. The second-order valence-electron chi connectivity index (χ2n) is 2.40. The minimum Gasteiger partial charge on any atom is -0.478 e. The number of amides is 2. The van der Waals surface area contributed by atoms with Crippen LogP contribution in [0.2, 0.25) is 0 Å². The van der Waals surface area contributed by atoms with E-state index in [9.17, 15) is 4.79 Å². The van der Waals surface area contributed by atoms with Crippen molar-refractivity contribution >= 4 is 6.03 Å². The second-order valence-corrected chi connectivity index (χ2v) is 2.40. The van der Waals surface area contributed by atoms with Gasteiger partial charge < -0.3 is 15.4 Å². The highest BCUT2D eigenvalue weighted by molar-refractivity contribution is 5.75. The summed E-state index contributed by atoms with van der Waals surface area (Å²) in [4.78, 5) is 10.7.